The van der Waals surface area contributed by atoms with Crippen LogP contribution in [0.3, 0.4) is 0 Å². The predicted molar refractivity (Wildman–Crippen MR) is 85.0 cm³/mol. The van der Waals surface area contributed by atoms with Crippen LogP contribution >= 0.6 is 0 Å². The number of nitrogens with zero attached hydrogens (tertiary/aromatic N) is 2. The summed E-state index contributed by atoms with van der Waals surface area (Å²) in [7, 11) is 3.34. The summed E-state index contributed by atoms with van der Waals surface area (Å²) in [6.07, 6.45) is 3.22. The van der Waals surface area contributed by atoms with Gasteiger partial charge in [-0.25, -0.2) is 0 Å². The average Bonchev–Trinajstić information content (AvgIpc) is 2.60. The molecule has 1 amide bonds. The highest BCUT2D eigenvalue weighted by atomic mass is 16.5. The zero-order chi connectivity index (χ0) is 16.0. The predicted octanol–water partition coefficient (Wildman–Crippen LogP) is 2.39. The van der Waals surface area contributed by atoms with Crippen molar-refractivity contribution in [2.45, 2.75) is 18.9 Å². The van der Waals surface area contributed by atoms with Gasteiger partial charge in [0.2, 0.25) is 0 Å². The molecule has 2 aromatic rings. The summed E-state index contributed by atoms with van der Waals surface area (Å²) in [5.74, 6) is 1.72. The van der Waals surface area contributed by atoms with E-state index in [1.54, 1.807) is 20.4 Å². The highest BCUT2D eigenvalue weighted by molar-refractivity contribution is 5.97. The summed E-state index contributed by atoms with van der Waals surface area (Å²) in [5, 5.41) is 0. The molecule has 1 atom stereocenters. The highest BCUT2D eigenvalue weighted by Crippen LogP contribution is 2.44. The Labute approximate surface area is 134 Å². The van der Waals surface area contributed by atoms with E-state index in [0.29, 0.717) is 18.5 Å². The number of carbonyl (C=O) groups is 1. The third-order valence-electron chi connectivity index (χ3n) is 4.79. The molecule has 0 saturated carbocycles. The van der Waals surface area contributed by atoms with E-state index in [0.717, 1.165) is 34.7 Å². The number of hydrogen-bond donors (Lipinski definition) is 0. The second-order valence-electron chi connectivity index (χ2n) is 5.83. The standard InChI is InChI=1S/C18H18N2O3/c1-22-15-5-6-16(23-2)17-12(15)7-9-20-14(17)10-13-11(18(20)21)4-3-8-19-13/h3-6,8,14H,7,9-10H2,1-2H3. The molecule has 1 unspecified atom stereocenters. The van der Waals surface area contributed by atoms with Gasteiger partial charge >= 0.3 is 0 Å². The van der Waals surface area contributed by atoms with Crippen LogP contribution in [0.25, 0.3) is 0 Å². The van der Waals surface area contributed by atoms with E-state index in [9.17, 15) is 4.79 Å². The lowest BCUT2D eigenvalue weighted by Crippen LogP contribution is -2.45. The second-order valence-corrected chi connectivity index (χ2v) is 5.83. The molecule has 0 spiro atoms. The Balaban J connectivity index is 1.89. The number of benzene rings is 1. The first-order chi connectivity index (χ1) is 11.2. The topological polar surface area (TPSA) is 51.7 Å². The second kappa shape index (κ2) is 5.26. The summed E-state index contributed by atoms with van der Waals surface area (Å²) >= 11 is 0. The third kappa shape index (κ3) is 2.00. The van der Waals surface area contributed by atoms with Crippen molar-refractivity contribution in [1.82, 2.24) is 9.88 Å². The van der Waals surface area contributed by atoms with Gasteiger partial charge in [0.25, 0.3) is 5.91 Å². The first-order valence-corrected chi connectivity index (χ1v) is 7.73. The van der Waals surface area contributed by atoms with Crippen molar-refractivity contribution in [2.24, 2.45) is 0 Å². The number of pyridine rings is 1. The summed E-state index contributed by atoms with van der Waals surface area (Å²) in [6, 6.07) is 7.49. The first-order valence-electron chi connectivity index (χ1n) is 7.73. The van der Waals surface area contributed by atoms with Crippen LogP contribution in [0, 0.1) is 0 Å². The van der Waals surface area contributed by atoms with Gasteiger partial charge in [0.05, 0.1) is 31.5 Å². The number of aromatic nitrogens is 1. The number of carbonyl (C=O) groups excluding carboxylic acids is 1. The lowest BCUT2D eigenvalue weighted by Gasteiger charge is -2.41. The molecule has 2 aliphatic heterocycles. The number of hydrogen-bond acceptors (Lipinski definition) is 4. The number of methoxy groups -OCH3 is 2. The molecule has 1 aromatic heterocycles. The van der Waals surface area contributed by atoms with Gasteiger partial charge < -0.3 is 14.4 Å². The van der Waals surface area contributed by atoms with Gasteiger partial charge in [-0.1, -0.05) is 0 Å². The van der Waals surface area contributed by atoms with Crippen molar-refractivity contribution in [3.8, 4) is 11.5 Å². The molecule has 0 aliphatic carbocycles. The third-order valence-corrected chi connectivity index (χ3v) is 4.79. The van der Waals surface area contributed by atoms with E-state index in [2.05, 4.69) is 4.98 Å². The number of rotatable bonds is 2. The summed E-state index contributed by atoms with van der Waals surface area (Å²) in [6.45, 7) is 0.689. The molecule has 5 nitrogen and oxygen atoms in total. The number of ether oxygens (including phenoxy) is 2. The van der Waals surface area contributed by atoms with E-state index < -0.39 is 0 Å². The maximum atomic E-state index is 12.8. The molecule has 2 aliphatic rings. The van der Waals surface area contributed by atoms with Crippen LogP contribution in [-0.4, -0.2) is 36.6 Å². The van der Waals surface area contributed by atoms with Crippen LogP contribution in [-0.2, 0) is 12.8 Å². The Hall–Kier alpha value is -2.56. The van der Waals surface area contributed by atoms with Gasteiger partial charge in [-0.15, -0.1) is 0 Å². The SMILES string of the molecule is COc1ccc(OC)c2c1CCN1C(=O)c3cccnc3CC21. The van der Waals surface area contributed by atoms with Crippen molar-refractivity contribution < 1.29 is 14.3 Å². The Morgan fingerprint density at radius 3 is 2.74 bits per heavy atom. The minimum atomic E-state index is -0.0429. The van der Waals surface area contributed by atoms with Gasteiger partial charge in [-0.3, -0.25) is 9.78 Å². The highest BCUT2D eigenvalue weighted by Gasteiger charge is 2.39. The van der Waals surface area contributed by atoms with Gasteiger partial charge in [-0.05, 0) is 30.7 Å². The van der Waals surface area contributed by atoms with Crippen LogP contribution in [0.15, 0.2) is 30.5 Å². The maximum Gasteiger partial charge on any atom is 0.256 e. The van der Waals surface area contributed by atoms with Crippen LogP contribution in [0.4, 0.5) is 0 Å². The molecule has 0 fully saturated rings. The van der Waals surface area contributed by atoms with E-state index in [1.165, 1.54) is 0 Å². The Kier molecular flexibility index (Phi) is 3.22. The van der Waals surface area contributed by atoms with E-state index >= 15 is 0 Å². The van der Waals surface area contributed by atoms with E-state index in [4.69, 9.17) is 9.47 Å². The minimum absolute atomic E-state index is 0.0429. The molecule has 4 rings (SSSR count). The van der Waals surface area contributed by atoms with Gasteiger partial charge in [0, 0.05) is 30.3 Å². The van der Waals surface area contributed by atoms with Gasteiger partial charge in [0.15, 0.2) is 0 Å². The zero-order valence-corrected chi connectivity index (χ0v) is 13.2. The lowest BCUT2D eigenvalue weighted by atomic mass is 9.84. The fraction of sp³-hybridized carbons (Fsp3) is 0.333. The molecule has 23 heavy (non-hydrogen) atoms. The molecule has 0 N–H and O–H groups in total. The lowest BCUT2D eigenvalue weighted by molar-refractivity contribution is 0.0624. The molecule has 118 valence electrons. The molecular weight excluding hydrogens is 292 g/mol. The number of fused-ring (bicyclic) bond motifs is 4. The summed E-state index contributed by atoms with van der Waals surface area (Å²) in [5.41, 5.74) is 3.77. The monoisotopic (exact) mass is 310 g/mol. The fourth-order valence-corrected chi connectivity index (χ4v) is 3.75. The van der Waals surface area contributed by atoms with Crippen LogP contribution in [0.1, 0.15) is 33.2 Å². The zero-order valence-electron chi connectivity index (χ0n) is 13.2. The molecule has 0 bridgehead atoms. The maximum absolute atomic E-state index is 12.8. The largest absolute Gasteiger partial charge is 0.496 e. The summed E-state index contributed by atoms with van der Waals surface area (Å²) < 4.78 is 11.1. The molecule has 0 saturated heterocycles. The first kappa shape index (κ1) is 14.1. The summed E-state index contributed by atoms with van der Waals surface area (Å²) in [4.78, 5) is 19.2. The van der Waals surface area contributed by atoms with Crippen molar-refractivity contribution >= 4 is 5.91 Å². The van der Waals surface area contributed by atoms with Crippen molar-refractivity contribution in [1.29, 1.82) is 0 Å². The van der Waals surface area contributed by atoms with Crippen LogP contribution in [0.5, 0.6) is 11.5 Å². The molecule has 1 aromatic carbocycles. The quantitative estimate of drug-likeness (QED) is 0.854. The number of amides is 1. The molecular formula is C18H18N2O3. The normalized spacial score (nSPS) is 18.8. The van der Waals surface area contributed by atoms with Crippen LogP contribution in [0.2, 0.25) is 0 Å². The van der Waals surface area contributed by atoms with Gasteiger partial charge in [0.1, 0.15) is 11.5 Å². The average molecular weight is 310 g/mol. The minimum Gasteiger partial charge on any atom is -0.496 e. The van der Waals surface area contributed by atoms with E-state index in [1.807, 2.05) is 29.2 Å². The van der Waals surface area contributed by atoms with Crippen molar-refractivity contribution in [3.63, 3.8) is 0 Å². The Morgan fingerprint density at radius 2 is 1.96 bits per heavy atom. The van der Waals surface area contributed by atoms with E-state index in [-0.39, 0.29) is 11.9 Å². The molecule has 0 radical (unpaired) electrons. The van der Waals surface area contributed by atoms with Crippen molar-refractivity contribution in [2.75, 3.05) is 20.8 Å². The van der Waals surface area contributed by atoms with Gasteiger partial charge in [-0.2, -0.15) is 0 Å². The Morgan fingerprint density at radius 1 is 1.17 bits per heavy atom. The Bertz CT molecular complexity index is 788. The fourth-order valence-electron chi connectivity index (χ4n) is 3.75. The van der Waals surface area contributed by atoms with Crippen LogP contribution < -0.4 is 9.47 Å². The van der Waals surface area contributed by atoms with Crippen molar-refractivity contribution in [3.05, 3.63) is 52.8 Å². The smallest absolute Gasteiger partial charge is 0.256 e. The molecule has 5 heteroatoms. The molecule has 3 heterocycles.